The molecular weight excluding hydrogens is 371 g/mol. The van der Waals surface area contributed by atoms with Crippen molar-refractivity contribution in [1.29, 1.82) is 0 Å². The van der Waals surface area contributed by atoms with Gasteiger partial charge in [-0.25, -0.2) is 4.98 Å². The van der Waals surface area contributed by atoms with E-state index in [1.807, 2.05) is 48.6 Å². The van der Waals surface area contributed by atoms with Crippen molar-refractivity contribution < 1.29 is 23.0 Å². The summed E-state index contributed by atoms with van der Waals surface area (Å²) >= 11 is 0. The van der Waals surface area contributed by atoms with E-state index in [0.29, 0.717) is 16.9 Å². The van der Waals surface area contributed by atoms with E-state index < -0.39 is 31.0 Å². The van der Waals surface area contributed by atoms with E-state index in [9.17, 15) is 18.3 Å². The van der Waals surface area contributed by atoms with E-state index in [2.05, 4.69) is 10.3 Å². The molecule has 4 rings (SSSR count). The van der Waals surface area contributed by atoms with Gasteiger partial charge in [-0.3, -0.25) is 0 Å². The van der Waals surface area contributed by atoms with Crippen LogP contribution in [0.15, 0.2) is 42.6 Å². The maximum Gasteiger partial charge on any atom is 0.411 e. The highest BCUT2D eigenvalue weighted by atomic mass is 19.4. The number of nitrogens with zero attached hydrogens (tertiary/aromatic N) is 2. The van der Waals surface area contributed by atoms with Crippen molar-refractivity contribution in [3.63, 3.8) is 0 Å². The van der Waals surface area contributed by atoms with Crippen molar-refractivity contribution in [2.75, 3.05) is 11.9 Å². The van der Waals surface area contributed by atoms with Crippen LogP contribution < -0.4 is 5.32 Å². The topological polar surface area (TPSA) is 58.8 Å². The molecular formula is C20H20F3N3O2. The van der Waals surface area contributed by atoms with Gasteiger partial charge in [0.15, 0.2) is 5.65 Å². The van der Waals surface area contributed by atoms with Gasteiger partial charge in [0.05, 0.1) is 17.4 Å². The third-order valence-corrected chi connectivity index (χ3v) is 5.15. The summed E-state index contributed by atoms with van der Waals surface area (Å²) < 4.78 is 45.5. The Kier molecular flexibility index (Phi) is 4.55. The fourth-order valence-electron chi connectivity index (χ4n) is 3.65. The third kappa shape index (κ3) is 3.22. The molecule has 148 valence electrons. The molecule has 2 aromatic heterocycles. The summed E-state index contributed by atoms with van der Waals surface area (Å²) in [7, 11) is 0. The van der Waals surface area contributed by atoms with Crippen LogP contribution in [0.3, 0.4) is 0 Å². The standard InChI is InChI=1S/C20H20F3N3O2/c1-11-12(2)26-9-8-14-16(19(26)24-11)25-15(13-6-4-3-5-7-13)17(27)18(14)28-10-20(21,22)23/h3-9,15,17-18,25,27H,10H2,1-2H3/t15-,17-,18-/m1/s1. The summed E-state index contributed by atoms with van der Waals surface area (Å²) in [6.07, 6.45) is -5.08. The number of hydrogen-bond donors (Lipinski definition) is 2. The van der Waals surface area contributed by atoms with Crippen LogP contribution >= 0.6 is 0 Å². The normalized spacial score (nSPS) is 22.1. The number of pyridine rings is 1. The number of aliphatic hydroxyl groups is 1. The van der Waals surface area contributed by atoms with Gasteiger partial charge in [0.2, 0.25) is 0 Å². The molecule has 2 N–H and O–H groups in total. The maximum absolute atomic E-state index is 12.8. The second kappa shape index (κ2) is 6.79. The molecule has 8 heteroatoms. The fraction of sp³-hybridized carbons (Fsp3) is 0.350. The van der Waals surface area contributed by atoms with Gasteiger partial charge in [0.1, 0.15) is 18.8 Å². The van der Waals surface area contributed by atoms with Crippen molar-refractivity contribution in [2.45, 2.75) is 38.3 Å². The largest absolute Gasteiger partial charge is 0.411 e. The predicted molar refractivity (Wildman–Crippen MR) is 98.2 cm³/mol. The number of halogens is 3. The van der Waals surface area contributed by atoms with Crippen LogP contribution in [0.2, 0.25) is 0 Å². The van der Waals surface area contributed by atoms with Crippen LogP contribution in [0.1, 0.15) is 34.7 Å². The lowest BCUT2D eigenvalue weighted by Crippen LogP contribution is -2.38. The Morgan fingerprint density at radius 2 is 1.89 bits per heavy atom. The number of ether oxygens (including phenoxy) is 1. The van der Waals surface area contributed by atoms with E-state index in [1.165, 1.54) is 0 Å². The van der Waals surface area contributed by atoms with Gasteiger partial charge in [0, 0.05) is 17.5 Å². The number of aliphatic hydroxyl groups excluding tert-OH is 1. The van der Waals surface area contributed by atoms with Crippen molar-refractivity contribution >= 4 is 11.3 Å². The molecule has 3 atom stereocenters. The highest BCUT2D eigenvalue weighted by Gasteiger charge is 2.40. The number of aromatic nitrogens is 2. The van der Waals surface area contributed by atoms with E-state index in [0.717, 1.165) is 17.0 Å². The monoisotopic (exact) mass is 391 g/mol. The third-order valence-electron chi connectivity index (χ3n) is 5.15. The Morgan fingerprint density at radius 1 is 1.18 bits per heavy atom. The summed E-state index contributed by atoms with van der Waals surface area (Å²) in [5.41, 5.74) is 4.15. The number of anilines is 1. The average molecular weight is 391 g/mol. The molecule has 0 saturated carbocycles. The number of rotatable bonds is 3. The Morgan fingerprint density at radius 3 is 2.57 bits per heavy atom. The number of aryl methyl sites for hydroxylation is 2. The summed E-state index contributed by atoms with van der Waals surface area (Å²) in [5, 5.41) is 14.2. The number of hydrogen-bond acceptors (Lipinski definition) is 4. The minimum absolute atomic E-state index is 0.460. The summed E-state index contributed by atoms with van der Waals surface area (Å²) in [4.78, 5) is 4.56. The molecule has 1 aliphatic heterocycles. The molecule has 0 bridgehead atoms. The molecule has 3 aromatic rings. The highest BCUT2D eigenvalue weighted by Crippen LogP contribution is 2.43. The Labute approximate surface area is 159 Å². The Bertz CT molecular complexity index is 1000. The average Bonchev–Trinajstić information content (AvgIpc) is 2.95. The smallest absolute Gasteiger partial charge is 0.388 e. The van der Waals surface area contributed by atoms with Gasteiger partial charge < -0.3 is 19.6 Å². The second-order valence-electron chi connectivity index (χ2n) is 6.99. The van der Waals surface area contributed by atoms with Crippen molar-refractivity contribution in [3.05, 3.63) is 65.1 Å². The lowest BCUT2D eigenvalue weighted by atomic mass is 9.89. The van der Waals surface area contributed by atoms with Crippen LogP contribution in [0.25, 0.3) is 5.65 Å². The van der Waals surface area contributed by atoms with Crippen molar-refractivity contribution in [2.24, 2.45) is 0 Å². The lowest BCUT2D eigenvalue weighted by molar-refractivity contribution is -0.198. The molecule has 0 spiro atoms. The van der Waals surface area contributed by atoms with E-state index in [-0.39, 0.29) is 0 Å². The quantitative estimate of drug-likeness (QED) is 0.706. The van der Waals surface area contributed by atoms with Crippen LogP contribution in [-0.4, -0.2) is 33.4 Å². The molecule has 0 fully saturated rings. The molecule has 0 amide bonds. The zero-order chi connectivity index (χ0) is 20.1. The molecule has 1 aliphatic rings. The van der Waals surface area contributed by atoms with Crippen LogP contribution in [0.4, 0.5) is 18.9 Å². The molecule has 28 heavy (non-hydrogen) atoms. The number of fused-ring (bicyclic) bond motifs is 3. The van der Waals surface area contributed by atoms with Crippen molar-refractivity contribution in [1.82, 2.24) is 9.38 Å². The number of benzene rings is 1. The van der Waals surface area contributed by atoms with E-state index >= 15 is 0 Å². The van der Waals surface area contributed by atoms with Crippen LogP contribution in [0, 0.1) is 13.8 Å². The highest BCUT2D eigenvalue weighted by molar-refractivity contribution is 5.75. The first-order valence-electron chi connectivity index (χ1n) is 8.92. The van der Waals surface area contributed by atoms with Gasteiger partial charge in [-0.2, -0.15) is 13.2 Å². The fourth-order valence-corrected chi connectivity index (χ4v) is 3.65. The summed E-state index contributed by atoms with van der Waals surface area (Å²) in [5.74, 6) is 0. The molecule has 0 aliphatic carbocycles. The molecule has 0 radical (unpaired) electrons. The van der Waals surface area contributed by atoms with Gasteiger partial charge in [-0.15, -0.1) is 0 Å². The predicted octanol–water partition coefficient (Wildman–Crippen LogP) is 4.10. The van der Waals surface area contributed by atoms with Gasteiger partial charge in [0.25, 0.3) is 0 Å². The van der Waals surface area contributed by atoms with Crippen molar-refractivity contribution in [3.8, 4) is 0 Å². The molecule has 1 aromatic carbocycles. The SMILES string of the molecule is Cc1nc2c3c(ccn2c1C)[C@@H](OCC(F)(F)F)[C@H](O)[C@@H](c1ccccc1)N3. The van der Waals surface area contributed by atoms with Crippen LogP contribution in [0.5, 0.6) is 0 Å². The summed E-state index contributed by atoms with van der Waals surface area (Å²) in [6, 6.07) is 10.1. The minimum atomic E-state index is -4.49. The van der Waals surface area contributed by atoms with Gasteiger partial charge in [-0.1, -0.05) is 30.3 Å². The zero-order valence-electron chi connectivity index (χ0n) is 15.4. The van der Waals surface area contributed by atoms with Gasteiger partial charge in [-0.05, 0) is 25.5 Å². The molecule has 5 nitrogen and oxygen atoms in total. The van der Waals surface area contributed by atoms with E-state index in [4.69, 9.17) is 4.74 Å². The first-order chi connectivity index (χ1) is 13.3. The molecule has 0 saturated heterocycles. The maximum atomic E-state index is 12.8. The Hall–Kier alpha value is -2.58. The van der Waals surface area contributed by atoms with E-state index in [1.54, 1.807) is 12.3 Å². The number of nitrogens with one attached hydrogen (secondary N) is 1. The van der Waals surface area contributed by atoms with Gasteiger partial charge >= 0.3 is 6.18 Å². The molecule has 3 heterocycles. The first kappa shape index (κ1) is 18.8. The number of imidazole rings is 1. The number of alkyl halides is 3. The molecule has 0 unspecified atom stereocenters. The zero-order valence-corrected chi connectivity index (χ0v) is 15.4. The lowest BCUT2D eigenvalue weighted by Gasteiger charge is -2.38. The minimum Gasteiger partial charge on any atom is -0.388 e. The summed E-state index contributed by atoms with van der Waals surface area (Å²) in [6.45, 7) is 2.36. The Balaban J connectivity index is 1.84. The van der Waals surface area contributed by atoms with Crippen LogP contribution in [-0.2, 0) is 4.74 Å². The first-order valence-corrected chi connectivity index (χ1v) is 8.92. The second-order valence-corrected chi connectivity index (χ2v) is 6.99.